The number of hydrogen-bond donors (Lipinski definition) is 1. The van der Waals surface area contributed by atoms with Crippen LogP contribution in [-0.4, -0.2) is 35.4 Å². The van der Waals surface area contributed by atoms with Crippen LogP contribution in [0.4, 0.5) is 0 Å². The van der Waals surface area contributed by atoms with Crippen LogP contribution in [0, 0.1) is 0 Å². The third-order valence-electron chi connectivity index (χ3n) is 3.70. The van der Waals surface area contributed by atoms with Crippen molar-refractivity contribution in [2.24, 2.45) is 0 Å². The summed E-state index contributed by atoms with van der Waals surface area (Å²) in [6.45, 7) is 0.0871. The molecule has 1 aromatic carbocycles. The van der Waals surface area contributed by atoms with Crippen molar-refractivity contribution in [3.63, 3.8) is 0 Å². The van der Waals surface area contributed by atoms with Gasteiger partial charge in [-0.2, -0.15) is 0 Å². The molecule has 6 nitrogen and oxygen atoms in total. The van der Waals surface area contributed by atoms with Gasteiger partial charge in [-0.05, 0) is 17.5 Å². The summed E-state index contributed by atoms with van der Waals surface area (Å²) in [5.41, 5.74) is 0.294. The number of aromatic amines is 1. The van der Waals surface area contributed by atoms with Gasteiger partial charge in [0.15, 0.2) is 6.61 Å². The molecule has 0 aliphatic rings. The normalized spacial score (nSPS) is 10.6. The molecule has 0 fully saturated rings. The van der Waals surface area contributed by atoms with Gasteiger partial charge in [0.05, 0.1) is 12.1 Å². The van der Waals surface area contributed by atoms with Crippen LogP contribution in [0.5, 0.6) is 0 Å². The fourth-order valence-electron chi connectivity index (χ4n) is 2.41. The van der Waals surface area contributed by atoms with Crippen LogP contribution in [0.25, 0.3) is 10.9 Å². The minimum absolute atomic E-state index is 0.146. The highest BCUT2D eigenvalue weighted by molar-refractivity contribution is 7.09. The highest BCUT2D eigenvalue weighted by atomic mass is 32.1. The number of carbonyl (C=O) groups is 2. The number of para-hydroxylation sites is 1. The first-order chi connectivity index (χ1) is 12.0. The first-order valence-electron chi connectivity index (χ1n) is 7.60. The summed E-state index contributed by atoms with van der Waals surface area (Å²) >= 11 is 1.55. The van der Waals surface area contributed by atoms with Crippen LogP contribution in [0.3, 0.4) is 0 Å². The van der Waals surface area contributed by atoms with E-state index < -0.39 is 11.5 Å². The number of rotatable bonds is 5. The van der Waals surface area contributed by atoms with Crippen molar-refractivity contribution in [3.05, 3.63) is 68.6 Å². The summed E-state index contributed by atoms with van der Waals surface area (Å²) in [5.74, 6) is -1.00. The Morgan fingerprint density at radius 1 is 1.20 bits per heavy atom. The highest BCUT2D eigenvalue weighted by Crippen LogP contribution is 2.16. The minimum atomic E-state index is -0.694. The van der Waals surface area contributed by atoms with Gasteiger partial charge < -0.3 is 14.6 Å². The van der Waals surface area contributed by atoms with Crippen LogP contribution >= 0.6 is 11.3 Å². The number of amides is 1. The number of likely N-dealkylation sites (N-methyl/N-ethyl adjacent to an activating group) is 1. The van der Waals surface area contributed by atoms with Gasteiger partial charge in [0.1, 0.15) is 0 Å². The lowest BCUT2D eigenvalue weighted by Crippen LogP contribution is -2.30. The Balaban J connectivity index is 1.68. The Morgan fingerprint density at radius 2 is 2.00 bits per heavy atom. The van der Waals surface area contributed by atoms with Crippen LogP contribution < -0.4 is 5.56 Å². The van der Waals surface area contributed by atoms with Crippen molar-refractivity contribution in [2.75, 3.05) is 13.7 Å². The van der Waals surface area contributed by atoms with Crippen molar-refractivity contribution in [3.8, 4) is 0 Å². The van der Waals surface area contributed by atoms with Crippen molar-refractivity contribution >= 4 is 34.1 Å². The topological polar surface area (TPSA) is 79.5 Å². The molecule has 0 spiro atoms. The second-order valence-corrected chi connectivity index (χ2v) is 6.53. The zero-order valence-corrected chi connectivity index (χ0v) is 14.3. The average Bonchev–Trinajstić information content (AvgIpc) is 3.11. The number of pyridine rings is 1. The van der Waals surface area contributed by atoms with Crippen molar-refractivity contribution in [1.82, 2.24) is 9.88 Å². The lowest BCUT2D eigenvalue weighted by Gasteiger charge is -2.16. The maximum absolute atomic E-state index is 12.3. The average molecular weight is 356 g/mol. The molecule has 0 aliphatic heterocycles. The molecule has 0 radical (unpaired) electrons. The van der Waals surface area contributed by atoms with E-state index in [1.165, 1.54) is 11.0 Å². The maximum atomic E-state index is 12.3. The molecule has 128 valence electrons. The van der Waals surface area contributed by atoms with E-state index in [-0.39, 0.29) is 18.1 Å². The summed E-state index contributed by atoms with van der Waals surface area (Å²) in [7, 11) is 1.65. The van der Waals surface area contributed by atoms with Crippen LogP contribution in [0.2, 0.25) is 0 Å². The number of esters is 1. The van der Waals surface area contributed by atoms with Gasteiger partial charge in [-0.25, -0.2) is 4.79 Å². The largest absolute Gasteiger partial charge is 0.452 e. The molecule has 0 aliphatic carbocycles. The van der Waals surface area contributed by atoms with Gasteiger partial charge in [0, 0.05) is 28.9 Å². The van der Waals surface area contributed by atoms with E-state index >= 15 is 0 Å². The fraction of sp³-hybridized carbons (Fsp3) is 0.167. The summed E-state index contributed by atoms with van der Waals surface area (Å²) in [4.78, 5) is 41.3. The van der Waals surface area contributed by atoms with Crippen LogP contribution in [0.15, 0.2) is 52.6 Å². The number of ether oxygens (including phenoxy) is 1. The number of carbonyl (C=O) groups excluding carboxylic acids is 2. The molecule has 3 aromatic rings. The quantitative estimate of drug-likeness (QED) is 0.712. The molecule has 1 amide bonds. The number of hydrogen-bond acceptors (Lipinski definition) is 5. The van der Waals surface area contributed by atoms with Crippen LogP contribution in [0.1, 0.15) is 15.2 Å². The monoisotopic (exact) mass is 356 g/mol. The summed E-state index contributed by atoms with van der Waals surface area (Å²) in [6.07, 6.45) is 0. The number of fused-ring (bicyclic) bond motifs is 1. The second kappa shape index (κ2) is 7.31. The van der Waals surface area contributed by atoms with Crippen molar-refractivity contribution in [1.29, 1.82) is 0 Å². The number of nitrogens with zero attached hydrogens (tertiary/aromatic N) is 1. The van der Waals surface area contributed by atoms with Gasteiger partial charge >= 0.3 is 5.97 Å². The van der Waals surface area contributed by atoms with E-state index in [1.54, 1.807) is 42.6 Å². The molecular formula is C18H16N2O4S. The number of benzene rings is 1. The molecule has 0 atom stereocenters. The summed E-state index contributed by atoms with van der Waals surface area (Å²) in [5, 5.41) is 2.51. The highest BCUT2D eigenvalue weighted by Gasteiger charge is 2.16. The Kier molecular flexibility index (Phi) is 4.95. The molecule has 7 heteroatoms. The Morgan fingerprint density at radius 3 is 2.76 bits per heavy atom. The number of thiophene rings is 1. The third kappa shape index (κ3) is 3.95. The zero-order valence-electron chi connectivity index (χ0n) is 13.5. The smallest absolute Gasteiger partial charge is 0.339 e. The van der Waals surface area contributed by atoms with E-state index in [9.17, 15) is 14.4 Å². The first kappa shape index (κ1) is 16.9. The first-order valence-corrected chi connectivity index (χ1v) is 8.48. The molecular weight excluding hydrogens is 340 g/mol. The van der Waals surface area contributed by atoms with E-state index in [2.05, 4.69) is 4.98 Å². The molecule has 2 heterocycles. The maximum Gasteiger partial charge on any atom is 0.339 e. The molecule has 3 rings (SSSR count). The molecule has 0 unspecified atom stereocenters. The standard InChI is InChI=1S/C18H16N2O4S/c1-20(10-12-5-4-8-25-12)17(22)11-24-18(23)14-9-16(21)19-15-7-3-2-6-13(14)15/h2-9H,10-11H2,1H3,(H,19,21). The van der Waals surface area contributed by atoms with Crippen molar-refractivity contribution < 1.29 is 14.3 Å². The summed E-state index contributed by atoms with van der Waals surface area (Å²) in [6, 6.07) is 12.0. The molecule has 0 bridgehead atoms. The Bertz CT molecular complexity index is 963. The Labute approximate surface area is 147 Å². The van der Waals surface area contributed by atoms with Gasteiger partial charge in [-0.15, -0.1) is 11.3 Å². The number of nitrogens with one attached hydrogen (secondary N) is 1. The SMILES string of the molecule is CN(Cc1cccs1)C(=O)COC(=O)c1cc(=O)[nH]c2ccccc12. The molecule has 0 saturated heterocycles. The number of H-pyrrole nitrogens is 1. The van der Waals surface area contributed by atoms with Gasteiger partial charge in [-0.3, -0.25) is 9.59 Å². The van der Waals surface area contributed by atoms with Gasteiger partial charge in [0.2, 0.25) is 5.56 Å². The minimum Gasteiger partial charge on any atom is -0.452 e. The van der Waals surface area contributed by atoms with Gasteiger partial charge in [0.25, 0.3) is 5.91 Å². The lowest BCUT2D eigenvalue weighted by atomic mass is 10.1. The zero-order chi connectivity index (χ0) is 17.8. The lowest BCUT2D eigenvalue weighted by molar-refractivity contribution is -0.133. The predicted octanol–water partition coefficient (Wildman–Crippen LogP) is 2.41. The fourth-order valence-corrected chi connectivity index (χ4v) is 3.17. The predicted molar refractivity (Wildman–Crippen MR) is 95.6 cm³/mol. The van der Waals surface area contributed by atoms with E-state index in [1.807, 2.05) is 17.5 Å². The number of aromatic nitrogens is 1. The van der Waals surface area contributed by atoms with E-state index in [0.717, 1.165) is 4.88 Å². The Hall–Kier alpha value is -2.93. The molecule has 2 aromatic heterocycles. The third-order valence-corrected chi connectivity index (χ3v) is 4.56. The summed E-state index contributed by atoms with van der Waals surface area (Å²) < 4.78 is 5.11. The van der Waals surface area contributed by atoms with Crippen molar-refractivity contribution in [2.45, 2.75) is 6.54 Å². The van der Waals surface area contributed by atoms with Crippen LogP contribution in [-0.2, 0) is 16.1 Å². The second-order valence-electron chi connectivity index (χ2n) is 5.50. The van der Waals surface area contributed by atoms with E-state index in [0.29, 0.717) is 17.4 Å². The molecule has 25 heavy (non-hydrogen) atoms. The molecule has 0 saturated carbocycles. The van der Waals surface area contributed by atoms with Gasteiger partial charge in [-0.1, -0.05) is 24.3 Å². The molecule has 1 N–H and O–H groups in total. The van der Waals surface area contributed by atoms with E-state index in [4.69, 9.17) is 4.74 Å².